The molecular formula is C14H21NO2S. The maximum Gasteiger partial charge on any atom is 0.348 e. The van der Waals surface area contributed by atoms with Crippen LogP contribution in [0.4, 0.5) is 5.69 Å². The third kappa shape index (κ3) is 3.48. The molecule has 1 aliphatic rings. The highest BCUT2D eigenvalue weighted by atomic mass is 32.1. The first-order valence-electron chi connectivity index (χ1n) is 6.70. The van der Waals surface area contributed by atoms with Gasteiger partial charge in [0.2, 0.25) is 0 Å². The fourth-order valence-corrected chi connectivity index (χ4v) is 3.30. The first-order valence-corrected chi connectivity index (χ1v) is 7.51. The van der Waals surface area contributed by atoms with Crippen molar-refractivity contribution in [1.29, 1.82) is 0 Å². The number of esters is 1. The van der Waals surface area contributed by atoms with Gasteiger partial charge in [-0.25, -0.2) is 4.79 Å². The Hall–Kier alpha value is -1.03. The van der Waals surface area contributed by atoms with Crippen molar-refractivity contribution in [3.63, 3.8) is 0 Å². The highest BCUT2D eigenvalue weighted by Gasteiger charge is 2.16. The van der Waals surface area contributed by atoms with E-state index in [2.05, 4.69) is 0 Å². The van der Waals surface area contributed by atoms with Crippen LogP contribution in [0, 0.1) is 12.8 Å². The number of nitrogen functional groups attached to an aromatic ring is 1. The van der Waals surface area contributed by atoms with Gasteiger partial charge in [-0.1, -0.05) is 32.1 Å². The quantitative estimate of drug-likeness (QED) is 0.845. The predicted molar refractivity (Wildman–Crippen MR) is 74.9 cm³/mol. The number of rotatable bonds is 4. The molecule has 0 aliphatic heterocycles. The van der Waals surface area contributed by atoms with Gasteiger partial charge in [-0.2, -0.15) is 0 Å². The second-order valence-corrected chi connectivity index (χ2v) is 6.31. The Bertz CT molecular complexity index is 388. The summed E-state index contributed by atoms with van der Waals surface area (Å²) in [6.07, 6.45) is 7.62. The van der Waals surface area contributed by atoms with Gasteiger partial charge in [-0.15, -0.1) is 11.3 Å². The van der Waals surface area contributed by atoms with Crippen LogP contribution in [0.5, 0.6) is 0 Å². The van der Waals surface area contributed by atoms with E-state index in [-0.39, 0.29) is 5.97 Å². The Morgan fingerprint density at radius 1 is 1.44 bits per heavy atom. The smallest absolute Gasteiger partial charge is 0.348 e. The van der Waals surface area contributed by atoms with Crippen LogP contribution < -0.4 is 5.73 Å². The molecule has 2 N–H and O–H groups in total. The Morgan fingerprint density at radius 2 is 2.17 bits per heavy atom. The average molecular weight is 267 g/mol. The summed E-state index contributed by atoms with van der Waals surface area (Å²) in [5.41, 5.74) is 6.41. The van der Waals surface area contributed by atoms with Crippen LogP contribution in [0.15, 0.2) is 6.07 Å². The highest BCUT2D eigenvalue weighted by molar-refractivity contribution is 7.14. The number of carbonyl (C=O) groups is 1. The highest BCUT2D eigenvalue weighted by Crippen LogP contribution is 2.27. The van der Waals surface area contributed by atoms with E-state index in [1.54, 1.807) is 6.07 Å². The van der Waals surface area contributed by atoms with E-state index in [4.69, 9.17) is 10.5 Å². The zero-order valence-electron chi connectivity index (χ0n) is 10.9. The van der Waals surface area contributed by atoms with E-state index in [9.17, 15) is 4.79 Å². The van der Waals surface area contributed by atoms with E-state index in [0.29, 0.717) is 17.2 Å². The monoisotopic (exact) mass is 267 g/mol. The Kier molecular flexibility index (Phi) is 4.64. The van der Waals surface area contributed by atoms with Crippen molar-refractivity contribution in [3.8, 4) is 0 Å². The van der Waals surface area contributed by atoms with Crippen LogP contribution in [0.2, 0.25) is 0 Å². The average Bonchev–Trinajstić information content (AvgIpc) is 2.71. The molecule has 3 nitrogen and oxygen atoms in total. The van der Waals surface area contributed by atoms with Gasteiger partial charge in [0.25, 0.3) is 0 Å². The molecule has 0 aromatic carbocycles. The number of hydrogen-bond donors (Lipinski definition) is 1. The number of nitrogens with two attached hydrogens (primary N) is 1. The molecule has 1 aliphatic carbocycles. The van der Waals surface area contributed by atoms with E-state index in [1.807, 2.05) is 6.92 Å². The summed E-state index contributed by atoms with van der Waals surface area (Å²) in [6.45, 7) is 2.46. The summed E-state index contributed by atoms with van der Waals surface area (Å²) in [5, 5.41) is 0. The molecule has 1 fully saturated rings. The summed E-state index contributed by atoms with van der Waals surface area (Å²) in [6, 6.07) is 1.71. The summed E-state index contributed by atoms with van der Waals surface area (Å²) < 4.78 is 5.32. The molecule has 1 heterocycles. The summed E-state index contributed by atoms with van der Waals surface area (Å²) in [5.74, 6) is 0.525. The Labute approximate surface area is 112 Å². The van der Waals surface area contributed by atoms with Gasteiger partial charge in [0.1, 0.15) is 4.88 Å². The maximum atomic E-state index is 11.8. The molecule has 0 saturated heterocycles. The third-order valence-electron chi connectivity index (χ3n) is 3.64. The SMILES string of the molecule is Cc1sc(C(=O)OCCC2CCCCC2)cc1N. The Balaban J connectivity index is 1.74. The summed E-state index contributed by atoms with van der Waals surface area (Å²) in [4.78, 5) is 13.4. The van der Waals surface area contributed by atoms with Gasteiger partial charge >= 0.3 is 5.97 Å². The maximum absolute atomic E-state index is 11.8. The lowest BCUT2D eigenvalue weighted by atomic mass is 9.87. The van der Waals surface area contributed by atoms with Crippen LogP contribution >= 0.6 is 11.3 Å². The van der Waals surface area contributed by atoms with Crippen molar-refractivity contribution < 1.29 is 9.53 Å². The zero-order chi connectivity index (χ0) is 13.0. The normalized spacial score (nSPS) is 16.7. The van der Waals surface area contributed by atoms with Crippen LogP contribution in [0.1, 0.15) is 53.1 Å². The molecule has 0 radical (unpaired) electrons. The molecule has 0 bridgehead atoms. The number of thiophene rings is 1. The molecule has 1 saturated carbocycles. The van der Waals surface area contributed by atoms with Gasteiger partial charge in [0.15, 0.2) is 0 Å². The van der Waals surface area contributed by atoms with E-state index in [1.165, 1.54) is 43.4 Å². The molecule has 0 atom stereocenters. The van der Waals surface area contributed by atoms with E-state index < -0.39 is 0 Å². The minimum Gasteiger partial charge on any atom is -0.461 e. The predicted octanol–water partition coefficient (Wildman–Crippen LogP) is 3.77. The lowest BCUT2D eigenvalue weighted by Gasteiger charge is -2.20. The minimum absolute atomic E-state index is 0.226. The lowest BCUT2D eigenvalue weighted by molar-refractivity contribution is 0.0480. The Morgan fingerprint density at radius 3 is 2.78 bits per heavy atom. The second kappa shape index (κ2) is 6.23. The van der Waals surface area contributed by atoms with Gasteiger partial charge in [-0.05, 0) is 25.3 Å². The van der Waals surface area contributed by atoms with Crippen LogP contribution in [-0.4, -0.2) is 12.6 Å². The topological polar surface area (TPSA) is 52.3 Å². The van der Waals surface area contributed by atoms with Gasteiger partial charge in [0, 0.05) is 10.6 Å². The molecule has 100 valence electrons. The zero-order valence-corrected chi connectivity index (χ0v) is 11.7. The number of carbonyl (C=O) groups excluding carboxylic acids is 1. The van der Waals surface area contributed by atoms with Gasteiger partial charge in [0.05, 0.1) is 6.61 Å². The van der Waals surface area contributed by atoms with Crippen molar-refractivity contribution in [1.82, 2.24) is 0 Å². The molecule has 4 heteroatoms. The number of hydrogen-bond acceptors (Lipinski definition) is 4. The molecule has 0 amide bonds. The van der Waals surface area contributed by atoms with Crippen molar-refractivity contribution in [3.05, 3.63) is 15.8 Å². The number of ether oxygens (including phenoxy) is 1. The fraction of sp³-hybridized carbons (Fsp3) is 0.643. The molecule has 0 unspecified atom stereocenters. The first kappa shape index (κ1) is 13.4. The van der Waals surface area contributed by atoms with Crippen molar-refractivity contribution >= 4 is 23.0 Å². The van der Waals surface area contributed by atoms with Gasteiger partial charge < -0.3 is 10.5 Å². The largest absolute Gasteiger partial charge is 0.461 e. The summed E-state index contributed by atoms with van der Waals surface area (Å²) in [7, 11) is 0. The molecule has 1 aromatic rings. The molecule has 18 heavy (non-hydrogen) atoms. The first-order chi connectivity index (χ1) is 8.66. The number of aryl methyl sites for hydroxylation is 1. The fourth-order valence-electron chi connectivity index (χ4n) is 2.46. The summed E-state index contributed by atoms with van der Waals surface area (Å²) >= 11 is 1.41. The standard InChI is InChI=1S/C14H21NO2S/c1-10-12(15)9-13(18-10)14(16)17-8-7-11-5-3-2-4-6-11/h9,11H,2-8,15H2,1H3. The van der Waals surface area contributed by atoms with Gasteiger partial charge in [-0.3, -0.25) is 0 Å². The minimum atomic E-state index is -0.226. The molecular weight excluding hydrogens is 246 g/mol. The number of anilines is 1. The van der Waals surface area contributed by atoms with Crippen LogP contribution in [-0.2, 0) is 4.74 Å². The second-order valence-electron chi connectivity index (χ2n) is 5.05. The molecule has 1 aromatic heterocycles. The van der Waals surface area contributed by atoms with Crippen LogP contribution in [0.3, 0.4) is 0 Å². The third-order valence-corrected chi connectivity index (χ3v) is 4.69. The van der Waals surface area contributed by atoms with Crippen molar-refractivity contribution in [2.75, 3.05) is 12.3 Å². The van der Waals surface area contributed by atoms with Crippen molar-refractivity contribution in [2.24, 2.45) is 5.92 Å². The molecule has 2 rings (SSSR count). The molecule has 0 spiro atoms. The van der Waals surface area contributed by atoms with Crippen molar-refractivity contribution in [2.45, 2.75) is 45.4 Å². The van der Waals surface area contributed by atoms with E-state index in [0.717, 1.165) is 17.2 Å². The lowest BCUT2D eigenvalue weighted by Crippen LogP contribution is -2.12. The van der Waals surface area contributed by atoms with Crippen LogP contribution in [0.25, 0.3) is 0 Å². The van der Waals surface area contributed by atoms with E-state index >= 15 is 0 Å².